The molecule has 23 heavy (non-hydrogen) atoms. The first-order valence-electron chi connectivity index (χ1n) is 7.43. The number of benzene rings is 1. The molecule has 0 radical (unpaired) electrons. The molecule has 0 aliphatic rings. The second kappa shape index (κ2) is 8.96. The van der Waals surface area contributed by atoms with E-state index in [2.05, 4.69) is 0 Å². The molecule has 1 aromatic rings. The Morgan fingerprint density at radius 3 is 2.22 bits per heavy atom. The van der Waals surface area contributed by atoms with Crippen LogP contribution in [0.3, 0.4) is 0 Å². The average Bonchev–Trinajstić information content (AvgIpc) is 2.42. The molecule has 0 saturated carbocycles. The van der Waals surface area contributed by atoms with Crippen LogP contribution in [0.2, 0.25) is 5.02 Å². The molecule has 0 bridgehead atoms. The van der Waals surface area contributed by atoms with Crippen molar-refractivity contribution in [2.24, 2.45) is 0 Å². The lowest BCUT2D eigenvalue weighted by Gasteiger charge is -2.07. The Kier molecular flexibility index (Phi) is 7.61. The van der Waals surface area contributed by atoms with Crippen LogP contribution >= 0.6 is 11.6 Å². The highest BCUT2D eigenvalue weighted by molar-refractivity contribution is 6.31. The standard InChI is InChI=1S/C15H19ClF3NO3/c16-12-10-14(21)13(20(22)23)9-11(12)7-5-3-1-2-4-6-8-15(17,18)19/h9-10,21H,1-8H2. The van der Waals surface area contributed by atoms with E-state index in [9.17, 15) is 28.4 Å². The van der Waals surface area contributed by atoms with E-state index < -0.39 is 23.3 Å². The molecule has 1 rings (SSSR count). The number of alkyl halides is 3. The summed E-state index contributed by atoms with van der Waals surface area (Å²) in [5.74, 6) is -0.464. The summed E-state index contributed by atoms with van der Waals surface area (Å²) in [6.45, 7) is 0. The van der Waals surface area contributed by atoms with E-state index in [4.69, 9.17) is 11.6 Å². The van der Waals surface area contributed by atoms with Crippen molar-refractivity contribution in [1.29, 1.82) is 0 Å². The van der Waals surface area contributed by atoms with Crippen LogP contribution in [0.4, 0.5) is 18.9 Å². The molecule has 0 saturated heterocycles. The fourth-order valence-electron chi connectivity index (χ4n) is 2.28. The molecule has 0 fully saturated rings. The first kappa shape index (κ1) is 19.5. The first-order valence-corrected chi connectivity index (χ1v) is 7.81. The van der Waals surface area contributed by atoms with Gasteiger partial charge in [-0.1, -0.05) is 37.3 Å². The summed E-state index contributed by atoms with van der Waals surface area (Å²) in [6.07, 6.45) is -0.482. The zero-order valence-electron chi connectivity index (χ0n) is 12.5. The number of nitro groups is 1. The largest absolute Gasteiger partial charge is 0.502 e. The molecule has 0 aliphatic carbocycles. The van der Waals surface area contributed by atoms with Gasteiger partial charge in [0.1, 0.15) is 0 Å². The van der Waals surface area contributed by atoms with Gasteiger partial charge in [0.05, 0.1) is 4.92 Å². The van der Waals surface area contributed by atoms with Crippen LogP contribution in [0.5, 0.6) is 5.75 Å². The van der Waals surface area contributed by atoms with Gasteiger partial charge in [0, 0.05) is 23.6 Å². The lowest BCUT2D eigenvalue weighted by Crippen LogP contribution is -2.06. The molecule has 4 nitrogen and oxygen atoms in total. The zero-order chi connectivity index (χ0) is 17.5. The van der Waals surface area contributed by atoms with Crippen LogP contribution in [0.15, 0.2) is 12.1 Å². The minimum atomic E-state index is -4.08. The predicted molar refractivity (Wildman–Crippen MR) is 81.8 cm³/mol. The molecule has 0 heterocycles. The molecule has 0 aromatic heterocycles. The summed E-state index contributed by atoms with van der Waals surface area (Å²) >= 11 is 5.94. The van der Waals surface area contributed by atoms with Crippen LogP contribution in [-0.2, 0) is 6.42 Å². The van der Waals surface area contributed by atoms with Crippen molar-refractivity contribution >= 4 is 17.3 Å². The number of hydrogen-bond donors (Lipinski definition) is 1. The summed E-state index contributed by atoms with van der Waals surface area (Å²) in [5.41, 5.74) is 0.213. The number of nitrogens with zero attached hydrogens (tertiary/aromatic N) is 1. The number of unbranched alkanes of at least 4 members (excludes halogenated alkanes) is 5. The first-order chi connectivity index (χ1) is 10.7. The Bertz CT molecular complexity index is 535. The maximum atomic E-state index is 12.0. The number of aromatic hydroxyl groups is 1. The van der Waals surface area contributed by atoms with E-state index in [1.165, 1.54) is 6.07 Å². The van der Waals surface area contributed by atoms with Gasteiger partial charge in [-0.15, -0.1) is 0 Å². The van der Waals surface area contributed by atoms with E-state index in [0.29, 0.717) is 18.4 Å². The Morgan fingerprint density at radius 1 is 1.09 bits per heavy atom. The third-order valence-corrected chi connectivity index (χ3v) is 3.85. The number of aryl methyl sites for hydroxylation is 1. The maximum Gasteiger partial charge on any atom is 0.389 e. The fourth-order valence-corrected chi connectivity index (χ4v) is 2.53. The van der Waals surface area contributed by atoms with Gasteiger partial charge in [0.15, 0.2) is 5.75 Å². The van der Waals surface area contributed by atoms with Crippen molar-refractivity contribution in [2.75, 3.05) is 0 Å². The van der Waals surface area contributed by atoms with Gasteiger partial charge < -0.3 is 5.11 Å². The topological polar surface area (TPSA) is 63.4 Å². The normalized spacial score (nSPS) is 11.7. The summed E-state index contributed by atoms with van der Waals surface area (Å²) in [4.78, 5) is 10.1. The smallest absolute Gasteiger partial charge is 0.389 e. The van der Waals surface area contributed by atoms with E-state index in [0.717, 1.165) is 31.7 Å². The van der Waals surface area contributed by atoms with Crippen LogP contribution in [0.1, 0.15) is 50.5 Å². The SMILES string of the molecule is O=[N+]([O-])c1cc(CCCCCCCCC(F)(F)F)c(Cl)cc1O. The van der Waals surface area contributed by atoms with Crippen LogP contribution in [0.25, 0.3) is 0 Å². The molecular formula is C15H19ClF3NO3. The highest BCUT2D eigenvalue weighted by atomic mass is 35.5. The number of hydrogen-bond acceptors (Lipinski definition) is 3. The highest BCUT2D eigenvalue weighted by Crippen LogP contribution is 2.32. The third kappa shape index (κ3) is 7.54. The molecular weight excluding hydrogens is 335 g/mol. The lowest BCUT2D eigenvalue weighted by atomic mass is 10.0. The Morgan fingerprint density at radius 2 is 1.65 bits per heavy atom. The zero-order valence-corrected chi connectivity index (χ0v) is 13.3. The molecule has 1 aromatic carbocycles. The van der Waals surface area contributed by atoms with Crippen LogP contribution in [0, 0.1) is 10.1 Å². The molecule has 1 N–H and O–H groups in total. The third-order valence-electron chi connectivity index (χ3n) is 3.50. The average molecular weight is 354 g/mol. The van der Waals surface area contributed by atoms with Crippen molar-refractivity contribution in [3.05, 3.63) is 32.8 Å². The molecule has 0 unspecified atom stereocenters. The van der Waals surface area contributed by atoms with Crippen molar-refractivity contribution in [1.82, 2.24) is 0 Å². The monoisotopic (exact) mass is 353 g/mol. The van der Waals surface area contributed by atoms with Crippen molar-refractivity contribution in [3.8, 4) is 5.75 Å². The van der Waals surface area contributed by atoms with Gasteiger partial charge in [-0.25, -0.2) is 0 Å². The Hall–Kier alpha value is -1.50. The van der Waals surface area contributed by atoms with Gasteiger partial charge in [0.25, 0.3) is 0 Å². The number of halogens is 4. The number of phenols is 1. The summed E-state index contributed by atoms with van der Waals surface area (Å²) in [7, 11) is 0. The lowest BCUT2D eigenvalue weighted by molar-refractivity contribution is -0.385. The fraction of sp³-hybridized carbons (Fsp3) is 0.600. The van der Waals surface area contributed by atoms with E-state index in [1.54, 1.807) is 0 Å². The second-order valence-corrected chi connectivity index (χ2v) is 5.83. The highest BCUT2D eigenvalue weighted by Gasteiger charge is 2.25. The van der Waals surface area contributed by atoms with Gasteiger partial charge in [-0.05, 0) is 24.8 Å². The predicted octanol–water partition coefficient (Wildman–Crippen LogP) is 5.79. The molecule has 0 spiro atoms. The van der Waals surface area contributed by atoms with Gasteiger partial charge in [-0.2, -0.15) is 13.2 Å². The maximum absolute atomic E-state index is 12.0. The van der Waals surface area contributed by atoms with E-state index >= 15 is 0 Å². The van der Waals surface area contributed by atoms with E-state index in [-0.39, 0.29) is 17.1 Å². The van der Waals surface area contributed by atoms with Gasteiger partial charge >= 0.3 is 11.9 Å². The van der Waals surface area contributed by atoms with Gasteiger partial charge in [-0.3, -0.25) is 10.1 Å². The Balaban J connectivity index is 2.29. The number of nitro benzene ring substituents is 1. The Labute approximate surface area is 137 Å². The van der Waals surface area contributed by atoms with Crippen molar-refractivity contribution in [3.63, 3.8) is 0 Å². The summed E-state index contributed by atoms with van der Waals surface area (Å²) in [6, 6.07) is 2.42. The summed E-state index contributed by atoms with van der Waals surface area (Å²) in [5, 5.41) is 20.5. The molecule has 130 valence electrons. The minimum Gasteiger partial charge on any atom is -0.502 e. The molecule has 0 aliphatic heterocycles. The minimum absolute atomic E-state index is 0.152. The van der Waals surface area contributed by atoms with Crippen molar-refractivity contribution in [2.45, 2.75) is 57.5 Å². The summed E-state index contributed by atoms with van der Waals surface area (Å²) < 4.78 is 35.9. The van der Waals surface area contributed by atoms with E-state index in [1.807, 2.05) is 0 Å². The number of rotatable bonds is 9. The molecule has 8 heteroatoms. The second-order valence-electron chi connectivity index (χ2n) is 5.43. The quantitative estimate of drug-likeness (QED) is 0.347. The van der Waals surface area contributed by atoms with Crippen molar-refractivity contribution < 1.29 is 23.2 Å². The van der Waals surface area contributed by atoms with Crippen LogP contribution in [-0.4, -0.2) is 16.2 Å². The van der Waals surface area contributed by atoms with Gasteiger partial charge in [0.2, 0.25) is 0 Å². The molecule has 0 amide bonds. The molecule has 0 atom stereocenters. The number of phenolic OH excluding ortho intramolecular Hbond substituents is 1. The van der Waals surface area contributed by atoms with Crippen LogP contribution < -0.4 is 0 Å².